The Kier molecular flexibility index (Phi) is 5.14. The number of aromatic nitrogens is 1. The summed E-state index contributed by atoms with van der Waals surface area (Å²) >= 11 is 5.80. The largest absolute Gasteiger partial charge is 0.444 e. The number of aliphatic hydroxyl groups excluding tert-OH is 1. The summed E-state index contributed by atoms with van der Waals surface area (Å²) in [5, 5.41) is 14.0. The molecule has 30 heavy (non-hydrogen) atoms. The Hall–Kier alpha value is -2.05. The molecule has 3 aliphatic rings. The van der Waals surface area contributed by atoms with Gasteiger partial charge < -0.3 is 19.7 Å². The van der Waals surface area contributed by atoms with Crippen molar-refractivity contribution in [2.24, 2.45) is 0 Å². The Morgan fingerprint density at radius 3 is 2.53 bits per heavy atom. The molecule has 0 unspecified atom stereocenters. The minimum atomic E-state index is -0.661. The Balaban J connectivity index is 1.51. The number of rotatable bonds is 3. The lowest BCUT2D eigenvalue weighted by molar-refractivity contribution is -0.0788. The molecule has 2 aromatic rings. The van der Waals surface area contributed by atoms with Gasteiger partial charge in [0.1, 0.15) is 11.4 Å². The van der Waals surface area contributed by atoms with E-state index < -0.39 is 29.2 Å². The minimum Gasteiger partial charge on any atom is -0.444 e. The van der Waals surface area contributed by atoms with Crippen LogP contribution in [0.3, 0.4) is 0 Å². The number of hydrogen-bond acceptors (Lipinski definition) is 3. The van der Waals surface area contributed by atoms with Gasteiger partial charge in [0.15, 0.2) is 0 Å². The highest BCUT2D eigenvalue weighted by molar-refractivity contribution is 6.30. The SMILES string of the molecule is CC(C)(C)OC(=O)NC12CCC(n3ccc(-c4ccc(Cl)c(F)c4)c3)(CC1)C[C@H]2O. The van der Waals surface area contributed by atoms with Crippen LogP contribution in [0, 0.1) is 5.82 Å². The molecule has 2 N–H and O–H groups in total. The molecule has 0 radical (unpaired) electrons. The van der Waals surface area contributed by atoms with Gasteiger partial charge in [-0.15, -0.1) is 0 Å². The molecule has 0 aliphatic heterocycles. The second-order valence-corrected chi connectivity index (χ2v) is 10.1. The predicted octanol–water partition coefficient (Wildman–Crippen LogP) is 5.25. The van der Waals surface area contributed by atoms with Crippen LogP contribution in [-0.2, 0) is 10.3 Å². The molecular weight excluding hydrogens is 407 g/mol. The topological polar surface area (TPSA) is 63.5 Å². The highest BCUT2D eigenvalue weighted by atomic mass is 35.5. The summed E-state index contributed by atoms with van der Waals surface area (Å²) in [6, 6.07) is 6.75. The number of aliphatic hydroxyl groups is 1. The first-order valence-electron chi connectivity index (χ1n) is 10.4. The quantitative estimate of drug-likeness (QED) is 0.693. The molecule has 3 saturated carbocycles. The lowest BCUT2D eigenvalue weighted by atomic mass is 9.60. The van der Waals surface area contributed by atoms with Crippen molar-refractivity contribution in [2.75, 3.05) is 0 Å². The van der Waals surface area contributed by atoms with Crippen LogP contribution in [0.25, 0.3) is 11.1 Å². The fourth-order valence-corrected chi connectivity index (χ4v) is 4.99. The number of halogens is 2. The molecule has 1 atom stereocenters. The standard InChI is InChI=1S/C23H28ClFN2O3/c1-21(2,3)30-20(29)26-23-9-7-22(8-10-23,13-19(23)28)27-11-6-16(14-27)15-4-5-17(24)18(25)12-15/h4-6,11-12,14,19,28H,7-10,13H2,1-3H3,(H,26,29)/t19-,22?,23?/m1/s1. The smallest absolute Gasteiger partial charge is 0.408 e. The Morgan fingerprint density at radius 1 is 1.23 bits per heavy atom. The van der Waals surface area contributed by atoms with Gasteiger partial charge in [0, 0.05) is 17.9 Å². The number of nitrogens with zero attached hydrogens (tertiary/aromatic N) is 1. The minimum absolute atomic E-state index is 0.105. The van der Waals surface area contributed by atoms with E-state index in [0.717, 1.165) is 24.0 Å². The van der Waals surface area contributed by atoms with Gasteiger partial charge in [0.2, 0.25) is 0 Å². The molecule has 1 aromatic carbocycles. The Bertz CT molecular complexity index is 958. The fraction of sp³-hybridized carbons (Fsp3) is 0.522. The molecule has 0 spiro atoms. The fourth-order valence-electron chi connectivity index (χ4n) is 4.87. The molecule has 5 nitrogen and oxygen atoms in total. The van der Waals surface area contributed by atoms with Crippen molar-refractivity contribution >= 4 is 17.7 Å². The van der Waals surface area contributed by atoms with E-state index in [1.165, 1.54) is 6.07 Å². The number of amides is 1. The summed E-state index contributed by atoms with van der Waals surface area (Å²) < 4.78 is 21.4. The van der Waals surface area contributed by atoms with Gasteiger partial charge in [-0.05, 0) is 82.2 Å². The second-order valence-electron chi connectivity index (χ2n) is 9.66. The molecule has 3 aliphatic carbocycles. The molecule has 0 saturated heterocycles. The zero-order chi connectivity index (χ0) is 21.7. The molecule has 3 fully saturated rings. The maximum Gasteiger partial charge on any atom is 0.408 e. The zero-order valence-electron chi connectivity index (χ0n) is 17.5. The summed E-state index contributed by atoms with van der Waals surface area (Å²) in [6.45, 7) is 5.47. The van der Waals surface area contributed by atoms with Crippen LogP contribution in [-0.4, -0.2) is 33.0 Å². The molecule has 5 rings (SSSR count). The van der Waals surface area contributed by atoms with Gasteiger partial charge >= 0.3 is 6.09 Å². The average molecular weight is 435 g/mol. The van der Waals surface area contributed by atoms with E-state index in [9.17, 15) is 14.3 Å². The number of hydrogen-bond donors (Lipinski definition) is 2. The van der Waals surface area contributed by atoms with Crippen LogP contribution in [0.5, 0.6) is 0 Å². The zero-order valence-corrected chi connectivity index (χ0v) is 18.3. The van der Waals surface area contributed by atoms with E-state index in [4.69, 9.17) is 16.3 Å². The number of benzene rings is 1. The first-order chi connectivity index (χ1) is 14.0. The highest BCUT2D eigenvalue weighted by Gasteiger charge is 2.55. The lowest BCUT2D eigenvalue weighted by Gasteiger charge is -2.56. The summed E-state index contributed by atoms with van der Waals surface area (Å²) in [7, 11) is 0. The van der Waals surface area contributed by atoms with Gasteiger partial charge in [0.25, 0.3) is 0 Å². The molecule has 1 heterocycles. The van der Waals surface area contributed by atoms with Gasteiger partial charge in [0.05, 0.1) is 16.7 Å². The lowest BCUT2D eigenvalue weighted by Crippen LogP contribution is -2.66. The average Bonchev–Trinajstić information content (AvgIpc) is 3.15. The van der Waals surface area contributed by atoms with Crippen molar-refractivity contribution in [3.63, 3.8) is 0 Å². The summed E-state index contributed by atoms with van der Waals surface area (Å²) in [5.74, 6) is -0.441. The van der Waals surface area contributed by atoms with Gasteiger partial charge in [-0.1, -0.05) is 17.7 Å². The van der Waals surface area contributed by atoms with Crippen molar-refractivity contribution in [2.45, 2.75) is 75.7 Å². The van der Waals surface area contributed by atoms with Crippen molar-refractivity contribution in [1.82, 2.24) is 9.88 Å². The van der Waals surface area contributed by atoms with Crippen molar-refractivity contribution < 1.29 is 19.0 Å². The third-order valence-corrected chi connectivity index (χ3v) is 6.83. The number of ether oxygens (including phenoxy) is 1. The van der Waals surface area contributed by atoms with Gasteiger partial charge in [-0.2, -0.15) is 0 Å². The number of alkyl carbamates (subject to hydrolysis) is 1. The van der Waals surface area contributed by atoms with Gasteiger partial charge in [-0.25, -0.2) is 9.18 Å². The first-order valence-corrected chi connectivity index (χ1v) is 10.7. The monoisotopic (exact) mass is 434 g/mol. The van der Waals surface area contributed by atoms with Crippen LogP contribution in [0.2, 0.25) is 5.02 Å². The predicted molar refractivity (Wildman–Crippen MR) is 114 cm³/mol. The summed E-state index contributed by atoms with van der Waals surface area (Å²) in [4.78, 5) is 12.3. The van der Waals surface area contributed by atoms with Crippen molar-refractivity contribution in [3.05, 3.63) is 47.5 Å². The Labute approximate surface area is 181 Å². The van der Waals surface area contributed by atoms with E-state index in [1.54, 1.807) is 12.1 Å². The van der Waals surface area contributed by atoms with Crippen molar-refractivity contribution in [3.8, 4) is 11.1 Å². The third-order valence-electron chi connectivity index (χ3n) is 6.53. The van der Waals surface area contributed by atoms with E-state index in [-0.39, 0.29) is 10.6 Å². The van der Waals surface area contributed by atoms with Crippen LogP contribution in [0.15, 0.2) is 36.7 Å². The third kappa shape index (κ3) is 3.83. The maximum absolute atomic E-state index is 13.9. The number of carbonyl (C=O) groups excluding carboxylic acids is 1. The molecule has 7 heteroatoms. The van der Waals surface area contributed by atoms with E-state index >= 15 is 0 Å². The summed E-state index contributed by atoms with van der Waals surface area (Å²) in [6.07, 6.45) is 6.43. The molecule has 1 amide bonds. The van der Waals surface area contributed by atoms with Crippen LogP contribution < -0.4 is 5.32 Å². The van der Waals surface area contributed by atoms with E-state index in [0.29, 0.717) is 19.3 Å². The first kappa shape index (κ1) is 21.2. The Morgan fingerprint density at radius 2 is 1.93 bits per heavy atom. The van der Waals surface area contributed by atoms with Crippen LogP contribution >= 0.6 is 11.6 Å². The second kappa shape index (κ2) is 7.27. The van der Waals surface area contributed by atoms with Crippen LogP contribution in [0.4, 0.5) is 9.18 Å². The molecule has 2 bridgehead atoms. The highest BCUT2D eigenvalue weighted by Crippen LogP contribution is 2.51. The normalized spacial score (nSPS) is 28.4. The number of carbonyl (C=O) groups is 1. The number of fused-ring (bicyclic) bond motifs is 3. The van der Waals surface area contributed by atoms with E-state index in [1.807, 2.05) is 39.2 Å². The van der Waals surface area contributed by atoms with Crippen molar-refractivity contribution in [1.29, 1.82) is 0 Å². The summed E-state index contributed by atoms with van der Waals surface area (Å²) in [5.41, 5.74) is 0.241. The van der Waals surface area contributed by atoms with E-state index in [2.05, 4.69) is 9.88 Å². The van der Waals surface area contributed by atoms with Gasteiger partial charge in [-0.3, -0.25) is 0 Å². The molecule has 1 aromatic heterocycles. The molecule has 162 valence electrons. The number of nitrogens with one attached hydrogen (secondary N) is 1. The maximum atomic E-state index is 13.9. The molecular formula is C23H28ClFN2O3. The van der Waals surface area contributed by atoms with Crippen LogP contribution in [0.1, 0.15) is 52.9 Å².